The molecule has 1 fully saturated rings. The zero-order valence-electron chi connectivity index (χ0n) is 22.3. The lowest BCUT2D eigenvalue weighted by Gasteiger charge is -2.37. The highest BCUT2D eigenvalue weighted by atomic mass is 16.6. The third-order valence-electron chi connectivity index (χ3n) is 7.59. The molecule has 7 heteroatoms. The highest BCUT2D eigenvalue weighted by Gasteiger charge is 2.33. The fraction of sp³-hybridized carbons (Fsp3) is 0.500. The summed E-state index contributed by atoms with van der Waals surface area (Å²) in [6, 6.07) is 14.2. The fourth-order valence-electron chi connectivity index (χ4n) is 5.43. The zero-order chi connectivity index (χ0) is 26.4. The van der Waals surface area contributed by atoms with E-state index in [0.29, 0.717) is 38.9 Å². The summed E-state index contributed by atoms with van der Waals surface area (Å²) in [5.74, 6) is -0.152. The average molecular weight is 506 g/mol. The van der Waals surface area contributed by atoms with Gasteiger partial charge in [0.25, 0.3) is 0 Å². The van der Waals surface area contributed by atoms with Crippen LogP contribution in [0, 0.1) is 0 Å². The number of piperidine rings is 1. The predicted octanol–water partition coefficient (Wildman–Crippen LogP) is 5.39. The number of nitrogens with one attached hydrogen (secondary N) is 1. The summed E-state index contributed by atoms with van der Waals surface area (Å²) in [5, 5.41) is 3.03. The number of para-hydroxylation sites is 1. The minimum atomic E-state index is -0.804. The summed E-state index contributed by atoms with van der Waals surface area (Å²) in [4.78, 5) is 41.8. The van der Waals surface area contributed by atoms with Crippen LogP contribution in [0.4, 0.5) is 15.3 Å². The van der Waals surface area contributed by atoms with Crippen LogP contribution in [0.3, 0.4) is 0 Å². The van der Waals surface area contributed by atoms with Gasteiger partial charge < -0.3 is 19.9 Å². The van der Waals surface area contributed by atoms with Gasteiger partial charge in [-0.25, -0.2) is 9.59 Å². The van der Waals surface area contributed by atoms with Gasteiger partial charge in [0, 0.05) is 37.8 Å². The van der Waals surface area contributed by atoms with E-state index in [1.54, 1.807) is 4.90 Å². The Labute approximate surface area is 220 Å². The van der Waals surface area contributed by atoms with Gasteiger partial charge in [0.15, 0.2) is 11.9 Å². The maximum absolute atomic E-state index is 13.0. The van der Waals surface area contributed by atoms with Crippen molar-refractivity contribution in [2.24, 2.45) is 0 Å². The second-order valence-corrected chi connectivity index (χ2v) is 10.1. The first kappa shape index (κ1) is 26.7. The van der Waals surface area contributed by atoms with E-state index in [4.69, 9.17) is 4.74 Å². The Hall–Kier alpha value is -3.35. The van der Waals surface area contributed by atoms with Gasteiger partial charge in [0.2, 0.25) is 0 Å². The number of hydrogen-bond acceptors (Lipinski definition) is 4. The van der Waals surface area contributed by atoms with Gasteiger partial charge >= 0.3 is 12.1 Å². The summed E-state index contributed by atoms with van der Waals surface area (Å²) in [5.41, 5.74) is 5.66. The van der Waals surface area contributed by atoms with Gasteiger partial charge in [0.05, 0.1) is 0 Å². The number of likely N-dealkylation sites (tertiary alicyclic amines) is 1. The number of ketones is 1. The molecule has 0 radical (unpaired) electrons. The zero-order valence-corrected chi connectivity index (χ0v) is 22.3. The van der Waals surface area contributed by atoms with Crippen molar-refractivity contribution in [2.45, 2.75) is 77.9 Å². The summed E-state index contributed by atoms with van der Waals surface area (Å²) in [7, 11) is 0. The number of hydrogen-bond donors (Lipinski definition) is 1. The van der Waals surface area contributed by atoms with Crippen LogP contribution in [-0.2, 0) is 35.2 Å². The smallest absolute Gasteiger partial charge is 0.410 e. The molecule has 3 amide bonds. The SMILES string of the molecule is CCCc1cc(C[C@@H](OC(=O)N2CCC(N3CCc4ccccc4NC3=O)CC2)C(C)=O)ccc1CC. The van der Waals surface area contributed by atoms with Crippen LogP contribution >= 0.6 is 0 Å². The average Bonchev–Trinajstić information content (AvgIpc) is 3.06. The second kappa shape index (κ2) is 12.3. The molecule has 0 spiro atoms. The van der Waals surface area contributed by atoms with E-state index in [1.807, 2.05) is 35.2 Å². The van der Waals surface area contributed by atoms with Crippen molar-refractivity contribution in [3.05, 3.63) is 64.7 Å². The molecule has 37 heavy (non-hydrogen) atoms. The third-order valence-corrected chi connectivity index (χ3v) is 7.59. The minimum Gasteiger partial charge on any atom is -0.438 e. The number of Topliss-reactive ketones (excluding diaryl/α,β-unsaturated/α-hetero) is 1. The summed E-state index contributed by atoms with van der Waals surface area (Å²) in [6.45, 7) is 7.44. The Kier molecular flexibility index (Phi) is 8.85. The van der Waals surface area contributed by atoms with E-state index < -0.39 is 12.2 Å². The Bertz CT molecular complexity index is 1120. The van der Waals surface area contributed by atoms with Gasteiger partial charge in [-0.15, -0.1) is 0 Å². The lowest BCUT2D eigenvalue weighted by atomic mass is 9.95. The first-order valence-electron chi connectivity index (χ1n) is 13.6. The normalized spacial score (nSPS) is 17.0. The van der Waals surface area contributed by atoms with Crippen LogP contribution in [0.15, 0.2) is 42.5 Å². The molecular formula is C30H39N3O4. The largest absolute Gasteiger partial charge is 0.438 e. The Morgan fingerprint density at radius 1 is 1.05 bits per heavy atom. The van der Waals surface area contributed by atoms with Crippen LogP contribution in [0.1, 0.15) is 62.3 Å². The number of rotatable bonds is 8. The quantitative estimate of drug-likeness (QED) is 0.522. The van der Waals surface area contributed by atoms with Crippen LogP contribution in [0.5, 0.6) is 0 Å². The number of ether oxygens (including phenoxy) is 1. The molecule has 1 N–H and O–H groups in total. The molecule has 0 aliphatic carbocycles. The van der Waals surface area contributed by atoms with Crippen molar-refractivity contribution in [3.8, 4) is 0 Å². The second-order valence-electron chi connectivity index (χ2n) is 10.1. The van der Waals surface area contributed by atoms with E-state index in [-0.39, 0.29) is 17.9 Å². The molecule has 2 aromatic carbocycles. The fourth-order valence-corrected chi connectivity index (χ4v) is 5.43. The molecule has 1 saturated heterocycles. The molecule has 7 nitrogen and oxygen atoms in total. The van der Waals surface area contributed by atoms with Gasteiger partial charge in [-0.3, -0.25) is 4.79 Å². The molecule has 198 valence electrons. The molecule has 2 heterocycles. The topological polar surface area (TPSA) is 79.0 Å². The van der Waals surface area contributed by atoms with Crippen molar-refractivity contribution >= 4 is 23.6 Å². The van der Waals surface area contributed by atoms with E-state index in [1.165, 1.54) is 18.1 Å². The summed E-state index contributed by atoms with van der Waals surface area (Å²) < 4.78 is 5.72. The molecule has 0 unspecified atom stereocenters. The first-order chi connectivity index (χ1) is 17.9. The van der Waals surface area contributed by atoms with E-state index in [9.17, 15) is 14.4 Å². The molecule has 2 aliphatic heterocycles. The lowest BCUT2D eigenvalue weighted by molar-refractivity contribution is -0.125. The van der Waals surface area contributed by atoms with Crippen molar-refractivity contribution in [3.63, 3.8) is 0 Å². The van der Waals surface area contributed by atoms with Gasteiger partial charge in [-0.1, -0.05) is 56.7 Å². The minimum absolute atomic E-state index is 0.0658. The van der Waals surface area contributed by atoms with E-state index >= 15 is 0 Å². The van der Waals surface area contributed by atoms with Crippen molar-refractivity contribution in [2.75, 3.05) is 25.0 Å². The number of amides is 3. The van der Waals surface area contributed by atoms with Crippen molar-refractivity contribution < 1.29 is 19.1 Å². The predicted molar refractivity (Wildman–Crippen MR) is 145 cm³/mol. The Balaban J connectivity index is 1.33. The lowest BCUT2D eigenvalue weighted by Crippen LogP contribution is -2.50. The molecule has 0 saturated carbocycles. The number of benzene rings is 2. The molecule has 4 rings (SSSR count). The number of carbonyl (C=O) groups excluding carboxylic acids is 3. The molecule has 0 aromatic heterocycles. The van der Waals surface area contributed by atoms with Gasteiger partial charge in [-0.2, -0.15) is 0 Å². The molecule has 2 aromatic rings. The van der Waals surface area contributed by atoms with E-state index in [0.717, 1.165) is 42.5 Å². The molecule has 1 atom stereocenters. The summed E-state index contributed by atoms with van der Waals surface area (Å²) >= 11 is 0. The van der Waals surface area contributed by atoms with Crippen LogP contribution < -0.4 is 5.32 Å². The number of fused-ring (bicyclic) bond motifs is 1. The maximum Gasteiger partial charge on any atom is 0.410 e. The standard InChI is InChI=1S/C30H39N3O4/c1-4-8-25-19-22(11-12-23(25)5-2)20-28(21(3)34)37-30(36)32-16-14-26(15-17-32)33-18-13-24-9-6-7-10-27(24)31-29(33)35/h6-7,9-12,19,26,28H,4-5,8,13-18,20H2,1-3H3,(H,31,35)/t28-/m1/s1. The van der Waals surface area contributed by atoms with Crippen LogP contribution in [0.25, 0.3) is 0 Å². The van der Waals surface area contributed by atoms with Crippen molar-refractivity contribution in [1.29, 1.82) is 0 Å². The monoisotopic (exact) mass is 505 g/mol. The highest BCUT2D eigenvalue weighted by Crippen LogP contribution is 2.25. The number of anilines is 1. The Morgan fingerprint density at radius 3 is 2.51 bits per heavy atom. The first-order valence-corrected chi connectivity index (χ1v) is 13.6. The molecule has 0 bridgehead atoms. The van der Waals surface area contributed by atoms with Gasteiger partial charge in [0.1, 0.15) is 0 Å². The van der Waals surface area contributed by atoms with Gasteiger partial charge in [-0.05, 0) is 67.3 Å². The van der Waals surface area contributed by atoms with E-state index in [2.05, 4.69) is 31.3 Å². The number of aryl methyl sites for hydroxylation is 2. The van der Waals surface area contributed by atoms with Crippen LogP contribution in [0.2, 0.25) is 0 Å². The molecule has 2 aliphatic rings. The van der Waals surface area contributed by atoms with Crippen molar-refractivity contribution in [1.82, 2.24) is 9.80 Å². The highest BCUT2D eigenvalue weighted by molar-refractivity contribution is 5.91. The number of carbonyl (C=O) groups is 3. The summed E-state index contributed by atoms with van der Waals surface area (Å²) in [6.07, 6.45) is 4.32. The third kappa shape index (κ3) is 6.51. The van der Waals surface area contributed by atoms with Crippen LogP contribution in [-0.4, -0.2) is 59.5 Å². The Morgan fingerprint density at radius 2 is 1.81 bits per heavy atom. The number of nitrogens with zero attached hydrogens (tertiary/aromatic N) is 2. The number of urea groups is 1. The molecular weight excluding hydrogens is 466 g/mol. The maximum atomic E-state index is 13.0.